The molecule has 198 valence electrons. The van der Waals surface area contributed by atoms with E-state index in [1.165, 1.54) is 54.4 Å². The van der Waals surface area contributed by atoms with Crippen LogP contribution in [0.25, 0.3) is 29.4 Å². The van der Waals surface area contributed by atoms with Gasteiger partial charge in [0.15, 0.2) is 0 Å². The Morgan fingerprint density at radius 1 is 0.650 bits per heavy atom. The lowest BCUT2D eigenvalue weighted by molar-refractivity contribution is 0.660. The van der Waals surface area contributed by atoms with Crippen LogP contribution in [0.2, 0.25) is 0 Å². The number of rotatable bonds is 6. The molecule has 0 N–H and O–H groups in total. The molecule has 1 heterocycles. The molecular formula is C38H35NS. The molecule has 1 nitrogen and oxygen atoms in total. The van der Waals surface area contributed by atoms with E-state index in [2.05, 4.69) is 161 Å². The predicted molar refractivity (Wildman–Crippen MR) is 176 cm³/mol. The molecule has 1 aliphatic rings. The summed E-state index contributed by atoms with van der Waals surface area (Å²) in [6.45, 7) is 11.1. The topological polar surface area (TPSA) is 3.24 Å². The molecule has 40 heavy (non-hydrogen) atoms. The molecule has 0 radical (unpaired) electrons. The molecule has 0 saturated carbocycles. The van der Waals surface area contributed by atoms with E-state index >= 15 is 0 Å². The Morgan fingerprint density at radius 3 is 2.02 bits per heavy atom. The largest absolute Gasteiger partial charge is 0.310 e. The summed E-state index contributed by atoms with van der Waals surface area (Å²) >= 11 is 1.83. The number of allylic oxidation sites excluding steroid dienone is 1. The van der Waals surface area contributed by atoms with Crippen LogP contribution >= 0.6 is 11.3 Å². The second kappa shape index (κ2) is 10.4. The average Bonchev–Trinajstić information content (AvgIpc) is 3.43. The normalized spacial score (nSPS) is 13.6. The first-order valence-electron chi connectivity index (χ1n) is 14.0. The zero-order valence-electron chi connectivity index (χ0n) is 23.9. The number of thiophene rings is 1. The molecular weight excluding hydrogens is 502 g/mol. The van der Waals surface area contributed by atoms with E-state index in [1.807, 2.05) is 11.3 Å². The van der Waals surface area contributed by atoms with Gasteiger partial charge in [-0.25, -0.2) is 0 Å². The Kier molecular flexibility index (Phi) is 6.82. The van der Waals surface area contributed by atoms with Gasteiger partial charge in [0.1, 0.15) is 0 Å². The van der Waals surface area contributed by atoms with Gasteiger partial charge in [0, 0.05) is 32.2 Å². The molecule has 5 aromatic rings. The van der Waals surface area contributed by atoms with Gasteiger partial charge < -0.3 is 4.90 Å². The molecule has 1 aliphatic carbocycles. The number of aryl methyl sites for hydroxylation is 2. The van der Waals surface area contributed by atoms with Crippen molar-refractivity contribution in [2.24, 2.45) is 0 Å². The average molecular weight is 538 g/mol. The van der Waals surface area contributed by atoms with Gasteiger partial charge >= 0.3 is 0 Å². The van der Waals surface area contributed by atoms with Crippen LogP contribution in [0.5, 0.6) is 0 Å². The maximum absolute atomic E-state index is 2.39. The number of fused-ring (bicyclic) bond motifs is 3. The minimum Gasteiger partial charge on any atom is -0.310 e. The SMILES string of the molecule is CC=Cc1sc(C=Cc2ccc(N(c3ccc(C)cc3)c3ccc4c(c3)C(C)(C)c3ccccc3-4)cc2)cc1C. The van der Waals surface area contributed by atoms with Crippen LogP contribution in [0.3, 0.4) is 0 Å². The summed E-state index contributed by atoms with van der Waals surface area (Å²) in [7, 11) is 0. The van der Waals surface area contributed by atoms with Crippen molar-refractivity contribution in [2.75, 3.05) is 4.90 Å². The number of hydrogen-bond acceptors (Lipinski definition) is 2. The summed E-state index contributed by atoms with van der Waals surface area (Å²) in [5.41, 5.74) is 12.7. The predicted octanol–water partition coefficient (Wildman–Crippen LogP) is 11.3. The minimum atomic E-state index is -0.0392. The summed E-state index contributed by atoms with van der Waals surface area (Å²) in [6.07, 6.45) is 8.72. The van der Waals surface area contributed by atoms with Crippen LogP contribution in [-0.2, 0) is 5.41 Å². The molecule has 0 spiro atoms. The van der Waals surface area contributed by atoms with Gasteiger partial charge in [-0.3, -0.25) is 0 Å². The third-order valence-electron chi connectivity index (χ3n) is 8.00. The fraction of sp³-hybridized carbons (Fsp3) is 0.158. The van der Waals surface area contributed by atoms with Crippen LogP contribution in [0.1, 0.15) is 58.3 Å². The summed E-state index contributed by atoms with van der Waals surface area (Å²) in [6, 6.07) is 35.8. The van der Waals surface area contributed by atoms with Crippen molar-refractivity contribution in [1.29, 1.82) is 0 Å². The quantitative estimate of drug-likeness (QED) is 0.208. The van der Waals surface area contributed by atoms with Crippen LogP contribution in [0, 0.1) is 13.8 Å². The molecule has 0 fully saturated rings. The van der Waals surface area contributed by atoms with Crippen molar-refractivity contribution in [3.8, 4) is 11.1 Å². The van der Waals surface area contributed by atoms with Gasteiger partial charge in [-0.05, 0) is 109 Å². The molecule has 0 amide bonds. The molecule has 0 aliphatic heterocycles. The lowest BCUT2D eigenvalue weighted by Gasteiger charge is -2.28. The second-order valence-electron chi connectivity index (χ2n) is 11.2. The van der Waals surface area contributed by atoms with E-state index in [1.54, 1.807) is 0 Å². The molecule has 0 unspecified atom stereocenters. The van der Waals surface area contributed by atoms with E-state index in [0.29, 0.717) is 0 Å². The Balaban J connectivity index is 1.37. The molecule has 0 atom stereocenters. The summed E-state index contributed by atoms with van der Waals surface area (Å²) in [5.74, 6) is 0. The summed E-state index contributed by atoms with van der Waals surface area (Å²) in [4.78, 5) is 4.97. The van der Waals surface area contributed by atoms with Crippen LogP contribution in [0.4, 0.5) is 17.1 Å². The van der Waals surface area contributed by atoms with Crippen LogP contribution in [0.15, 0.2) is 103 Å². The maximum Gasteiger partial charge on any atom is 0.0465 e. The van der Waals surface area contributed by atoms with Crippen molar-refractivity contribution >= 4 is 46.6 Å². The lowest BCUT2D eigenvalue weighted by atomic mass is 9.82. The highest BCUT2D eigenvalue weighted by Gasteiger charge is 2.35. The Bertz CT molecular complexity index is 1730. The standard InChI is InChI=1S/C38H35NS/c1-6-9-37-27(3)24-32(40-37)22-16-28-14-19-30(20-15-28)39(29-17-12-26(2)13-18-29)31-21-23-34-33-10-7-8-11-35(33)38(4,5)36(34)25-31/h6-25H,1-5H3. The Hall–Kier alpha value is -4.14. The minimum absolute atomic E-state index is 0.0392. The molecule has 6 rings (SSSR count). The van der Waals surface area contributed by atoms with E-state index in [4.69, 9.17) is 0 Å². The zero-order valence-corrected chi connectivity index (χ0v) is 24.7. The highest BCUT2D eigenvalue weighted by molar-refractivity contribution is 7.14. The summed E-state index contributed by atoms with van der Waals surface area (Å²) < 4.78 is 0. The third-order valence-corrected chi connectivity index (χ3v) is 9.17. The van der Waals surface area contributed by atoms with E-state index in [9.17, 15) is 0 Å². The first-order valence-corrected chi connectivity index (χ1v) is 14.8. The molecule has 4 aromatic carbocycles. The fourth-order valence-electron chi connectivity index (χ4n) is 5.81. The third kappa shape index (κ3) is 4.74. The van der Waals surface area contributed by atoms with Gasteiger partial charge in [-0.1, -0.05) is 86.2 Å². The van der Waals surface area contributed by atoms with E-state index in [-0.39, 0.29) is 5.41 Å². The van der Waals surface area contributed by atoms with E-state index in [0.717, 1.165) is 11.4 Å². The second-order valence-corrected chi connectivity index (χ2v) is 12.3. The van der Waals surface area contributed by atoms with Gasteiger partial charge in [-0.15, -0.1) is 11.3 Å². The zero-order chi connectivity index (χ0) is 27.9. The highest BCUT2D eigenvalue weighted by atomic mass is 32.1. The smallest absolute Gasteiger partial charge is 0.0465 e. The molecule has 0 bridgehead atoms. The van der Waals surface area contributed by atoms with Crippen molar-refractivity contribution in [3.05, 3.63) is 141 Å². The number of benzene rings is 4. The summed E-state index contributed by atoms with van der Waals surface area (Å²) in [5, 5.41) is 0. The van der Waals surface area contributed by atoms with Crippen molar-refractivity contribution in [2.45, 2.75) is 40.0 Å². The first-order chi connectivity index (χ1) is 19.3. The first kappa shape index (κ1) is 26.1. The lowest BCUT2D eigenvalue weighted by Crippen LogP contribution is -2.16. The van der Waals surface area contributed by atoms with E-state index < -0.39 is 0 Å². The molecule has 2 heteroatoms. The van der Waals surface area contributed by atoms with Crippen molar-refractivity contribution in [3.63, 3.8) is 0 Å². The van der Waals surface area contributed by atoms with Crippen LogP contribution in [-0.4, -0.2) is 0 Å². The molecule has 1 aromatic heterocycles. The maximum atomic E-state index is 2.39. The Morgan fingerprint density at radius 2 is 1.30 bits per heavy atom. The van der Waals surface area contributed by atoms with Gasteiger partial charge in [0.25, 0.3) is 0 Å². The monoisotopic (exact) mass is 537 g/mol. The van der Waals surface area contributed by atoms with Crippen molar-refractivity contribution in [1.82, 2.24) is 0 Å². The fourth-order valence-corrected chi connectivity index (χ4v) is 6.86. The van der Waals surface area contributed by atoms with Gasteiger partial charge in [0.2, 0.25) is 0 Å². The van der Waals surface area contributed by atoms with Crippen molar-refractivity contribution < 1.29 is 0 Å². The van der Waals surface area contributed by atoms with Gasteiger partial charge in [-0.2, -0.15) is 0 Å². The Labute approximate surface area is 242 Å². The number of nitrogens with zero attached hydrogens (tertiary/aromatic N) is 1. The molecule has 0 saturated heterocycles. The van der Waals surface area contributed by atoms with Gasteiger partial charge in [0.05, 0.1) is 0 Å². The van der Waals surface area contributed by atoms with Crippen LogP contribution < -0.4 is 4.90 Å². The number of hydrogen-bond donors (Lipinski definition) is 0. The number of anilines is 3. The highest BCUT2D eigenvalue weighted by Crippen LogP contribution is 2.50.